The fourth-order valence-corrected chi connectivity index (χ4v) is 2.11. The summed E-state index contributed by atoms with van der Waals surface area (Å²) in [7, 11) is 1.60. The summed E-state index contributed by atoms with van der Waals surface area (Å²) in [6.07, 6.45) is 2.22. The molecule has 1 fully saturated rings. The summed E-state index contributed by atoms with van der Waals surface area (Å²) < 4.78 is 4.89. The molecule has 17 heavy (non-hydrogen) atoms. The Hall–Kier alpha value is -0.900. The molecular weight excluding hydrogens is 214 g/mol. The van der Waals surface area contributed by atoms with E-state index in [-0.39, 0.29) is 0 Å². The number of nitrogens with one attached hydrogen (secondary N) is 1. The van der Waals surface area contributed by atoms with Crippen molar-refractivity contribution in [3.63, 3.8) is 0 Å². The van der Waals surface area contributed by atoms with Crippen LogP contribution in [0, 0.1) is 0 Å². The Balaban J connectivity index is 1.82. The summed E-state index contributed by atoms with van der Waals surface area (Å²) in [6.45, 7) is 1.79. The standard InChI is InChI=1S/C14H21NO2/c1-17-10-13(16)9-15-8-12-4-2-3-5-14(12)11-6-7-11/h2-5,11,13,15-16H,6-10H2,1H3. The van der Waals surface area contributed by atoms with Gasteiger partial charge in [-0.05, 0) is 29.9 Å². The van der Waals surface area contributed by atoms with Crippen molar-refractivity contribution < 1.29 is 9.84 Å². The van der Waals surface area contributed by atoms with Gasteiger partial charge in [0.05, 0.1) is 12.7 Å². The highest BCUT2D eigenvalue weighted by Crippen LogP contribution is 2.41. The summed E-state index contributed by atoms with van der Waals surface area (Å²) in [5.41, 5.74) is 2.83. The molecule has 2 N–H and O–H groups in total. The average molecular weight is 235 g/mol. The number of aliphatic hydroxyl groups is 1. The molecule has 1 aromatic rings. The minimum atomic E-state index is -0.423. The van der Waals surface area contributed by atoms with E-state index in [0.29, 0.717) is 13.2 Å². The van der Waals surface area contributed by atoms with Crippen molar-refractivity contribution in [2.24, 2.45) is 0 Å². The Morgan fingerprint density at radius 1 is 1.41 bits per heavy atom. The van der Waals surface area contributed by atoms with Gasteiger partial charge >= 0.3 is 0 Å². The Kier molecular flexibility index (Phi) is 4.54. The first-order valence-electron chi connectivity index (χ1n) is 6.26. The lowest BCUT2D eigenvalue weighted by molar-refractivity contribution is 0.0644. The lowest BCUT2D eigenvalue weighted by Gasteiger charge is -2.13. The van der Waals surface area contributed by atoms with Crippen LogP contribution in [0.4, 0.5) is 0 Å². The summed E-state index contributed by atoms with van der Waals surface area (Å²) in [6, 6.07) is 8.58. The molecule has 1 unspecified atom stereocenters. The van der Waals surface area contributed by atoms with Crippen molar-refractivity contribution >= 4 is 0 Å². The lowest BCUT2D eigenvalue weighted by Crippen LogP contribution is -2.29. The van der Waals surface area contributed by atoms with Gasteiger partial charge in [0.2, 0.25) is 0 Å². The maximum absolute atomic E-state index is 9.53. The fourth-order valence-electron chi connectivity index (χ4n) is 2.11. The van der Waals surface area contributed by atoms with Gasteiger partial charge in [0.25, 0.3) is 0 Å². The van der Waals surface area contributed by atoms with Crippen LogP contribution >= 0.6 is 0 Å². The van der Waals surface area contributed by atoms with E-state index in [1.165, 1.54) is 24.0 Å². The molecule has 1 saturated carbocycles. The normalized spacial score (nSPS) is 17.1. The molecule has 0 radical (unpaired) electrons. The number of methoxy groups -OCH3 is 1. The van der Waals surface area contributed by atoms with Gasteiger partial charge in [0, 0.05) is 20.2 Å². The monoisotopic (exact) mass is 235 g/mol. The molecule has 0 saturated heterocycles. The number of ether oxygens (including phenoxy) is 1. The Morgan fingerprint density at radius 3 is 2.88 bits per heavy atom. The first kappa shape index (κ1) is 12.6. The van der Waals surface area contributed by atoms with Gasteiger partial charge in [-0.25, -0.2) is 0 Å². The summed E-state index contributed by atoms with van der Waals surface area (Å²) >= 11 is 0. The number of rotatable bonds is 7. The second-order valence-corrected chi connectivity index (χ2v) is 4.71. The van der Waals surface area contributed by atoms with Crippen molar-refractivity contribution in [3.8, 4) is 0 Å². The summed E-state index contributed by atoms with van der Waals surface area (Å²) in [5.74, 6) is 0.775. The molecule has 0 aliphatic heterocycles. The first-order chi connectivity index (χ1) is 8.31. The van der Waals surface area contributed by atoms with Crippen LogP contribution in [0.1, 0.15) is 29.9 Å². The molecule has 3 nitrogen and oxygen atoms in total. The van der Waals surface area contributed by atoms with Crippen LogP contribution in [0.3, 0.4) is 0 Å². The first-order valence-corrected chi connectivity index (χ1v) is 6.26. The molecule has 1 atom stereocenters. The Morgan fingerprint density at radius 2 is 2.18 bits per heavy atom. The zero-order chi connectivity index (χ0) is 12.1. The van der Waals surface area contributed by atoms with Crippen LogP contribution in [0.25, 0.3) is 0 Å². The number of aliphatic hydroxyl groups excluding tert-OH is 1. The minimum absolute atomic E-state index is 0.386. The molecule has 2 rings (SSSR count). The molecule has 0 bridgehead atoms. The van der Waals surface area contributed by atoms with E-state index in [0.717, 1.165) is 12.5 Å². The third kappa shape index (κ3) is 3.80. The number of hydrogen-bond donors (Lipinski definition) is 2. The van der Waals surface area contributed by atoms with Gasteiger partial charge < -0.3 is 15.2 Å². The van der Waals surface area contributed by atoms with E-state index >= 15 is 0 Å². The maximum Gasteiger partial charge on any atom is 0.0897 e. The fraction of sp³-hybridized carbons (Fsp3) is 0.571. The average Bonchev–Trinajstić information content (AvgIpc) is 3.14. The Labute approximate surface area is 103 Å². The predicted octanol–water partition coefficient (Wildman–Crippen LogP) is 1.66. The molecule has 94 valence electrons. The largest absolute Gasteiger partial charge is 0.389 e. The molecular formula is C14H21NO2. The highest BCUT2D eigenvalue weighted by Gasteiger charge is 2.25. The van der Waals surface area contributed by atoms with Crippen LogP contribution in [0.2, 0.25) is 0 Å². The molecule has 0 amide bonds. The van der Waals surface area contributed by atoms with Crippen molar-refractivity contribution in [3.05, 3.63) is 35.4 Å². The van der Waals surface area contributed by atoms with Gasteiger partial charge in [-0.1, -0.05) is 24.3 Å². The molecule has 0 aromatic heterocycles. The van der Waals surface area contributed by atoms with Crippen LogP contribution < -0.4 is 5.32 Å². The number of benzene rings is 1. The van der Waals surface area contributed by atoms with Gasteiger partial charge in [0.1, 0.15) is 0 Å². The highest BCUT2D eigenvalue weighted by atomic mass is 16.5. The van der Waals surface area contributed by atoms with Crippen molar-refractivity contribution in [2.45, 2.75) is 31.4 Å². The summed E-state index contributed by atoms with van der Waals surface area (Å²) in [5, 5.41) is 12.8. The topological polar surface area (TPSA) is 41.5 Å². The number of hydrogen-bond acceptors (Lipinski definition) is 3. The molecule has 0 spiro atoms. The summed E-state index contributed by atoms with van der Waals surface area (Å²) in [4.78, 5) is 0. The minimum Gasteiger partial charge on any atom is -0.389 e. The van der Waals surface area contributed by atoms with E-state index < -0.39 is 6.10 Å². The van der Waals surface area contributed by atoms with Gasteiger partial charge in [-0.3, -0.25) is 0 Å². The SMILES string of the molecule is COCC(O)CNCc1ccccc1C1CC1. The zero-order valence-electron chi connectivity index (χ0n) is 10.4. The molecule has 3 heteroatoms. The molecule has 1 aromatic carbocycles. The van der Waals surface area contributed by atoms with Gasteiger partial charge in [0.15, 0.2) is 0 Å². The Bertz CT molecular complexity index is 350. The predicted molar refractivity (Wildman–Crippen MR) is 68.0 cm³/mol. The maximum atomic E-state index is 9.53. The van der Waals surface area contributed by atoms with E-state index in [9.17, 15) is 5.11 Å². The molecule has 1 aliphatic carbocycles. The second-order valence-electron chi connectivity index (χ2n) is 4.71. The second kappa shape index (κ2) is 6.15. The molecule has 1 aliphatic rings. The van der Waals surface area contributed by atoms with Crippen molar-refractivity contribution in [1.29, 1.82) is 0 Å². The van der Waals surface area contributed by atoms with Gasteiger partial charge in [-0.2, -0.15) is 0 Å². The van der Waals surface area contributed by atoms with E-state index in [2.05, 4.69) is 29.6 Å². The van der Waals surface area contributed by atoms with E-state index in [4.69, 9.17) is 4.74 Å². The van der Waals surface area contributed by atoms with Crippen LogP contribution in [0.15, 0.2) is 24.3 Å². The van der Waals surface area contributed by atoms with Crippen LogP contribution in [0.5, 0.6) is 0 Å². The third-order valence-corrected chi connectivity index (χ3v) is 3.13. The molecule has 0 heterocycles. The lowest BCUT2D eigenvalue weighted by atomic mass is 10.0. The van der Waals surface area contributed by atoms with Crippen molar-refractivity contribution in [2.75, 3.05) is 20.3 Å². The quantitative estimate of drug-likeness (QED) is 0.755. The van der Waals surface area contributed by atoms with E-state index in [1.807, 2.05) is 0 Å². The third-order valence-electron chi connectivity index (χ3n) is 3.13. The van der Waals surface area contributed by atoms with Crippen LogP contribution in [-0.2, 0) is 11.3 Å². The van der Waals surface area contributed by atoms with Crippen molar-refractivity contribution in [1.82, 2.24) is 5.32 Å². The van der Waals surface area contributed by atoms with Crippen LogP contribution in [-0.4, -0.2) is 31.5 Å². The van der Waals surface area contributed by atoms with Gasteiger partial charge in [-0.15, -0.1) is 0 Å². The highest BCUT2D eigenvalue weighted by molar-refractivity contribution is 5.33. The smallest absolute Gasteiger partial charge is 0.0897 e. The van der Waals surface area contributed by atoms with E-state index in [1.54, 1.807) is 7.11 Å². The zero-order valence-corrected chi connectivity index (χ0v) is 10.4.